The van der Waals surface area contributed by atoms with Gasteiger partial charge in [-0.05, 0) is 19.4 Å². The molecule has 128 valence electrons. The highest BCUT2D eigenvalue weighted by atomic mass is 32.2. The minimum Gasteiger partial charge on any atom is -0.330 e. The molecule has 8 heteroatoms. The zero-order valence-corrected chi connectivity index (χ0v) is 13.2. The molecule has 1 atom stereocenters. The van der Waals surface area contributed by atoms with E-state index in [2.05, 4.69) is 0 Å². The van der Waals surface area contributed by atoms with Crippen molar-refractivity contribution in [3.8, 4) is 0 Å². The first-order valence-electron chi connectivity index (χ1n) is 7.49. The van der Waals surface area contributed by atoms with Crippen LogP contribution < -0.4 is 11.5 Å². The molecule has 0 saturated heterocycles. The zero-order valence-electron chi connectivity index (χ0n) is 12.4. The number of alkyl halides is 3. The first-order chi connectivity index (χ1) is 9.73. The Kier molecular flexibility index (Phi) is 10.2. The number of unbranched alkanes of at least 4 members (excludes halogenated alkanes) is 8. The van der Waals surface area contributed by atoms with Gasteiger partial charge in [-0.2, -0.15) is 13.2 Å². The number of hydrogen-bond donors (Lipinski definition) is 2. The van der Waals surface area contributed by atoms with Gasteiger partial charge in [-0.3, -0.25) is 0 Å². The summed E-state index contributed by atoms with van der Waals surface area (Å²) in [5.41, 5.74) is 5.26. The summed E-state index contributed by atoms with van der Waals surface area (Å²) in [6.45, 7) is 0.723. The predicted molar refractivity (Wildman–Crippen MR) is 78.2 cm³/mol. The van der Waals surface area contributed by atoms with Crippen LogP contribution in [-0.4, -0.2) is 25.8 Å². The van der Waals surface area contributed by atoms with E-state index in [-0.39, 0.29) is 6.42 Å². The average Bonchev–Trinajstić information content (AvgIpc) is 2.39. The first kappa shape index (κ1) is 20.7. The van der Waals surface area contributed by atoms with Crippen LogP contribution in [0.4, 0.5) is 13.2 Å². The van der Waals surface area contributed by atoms with Gasteiger partial charge in [0.1, 0.15) is 5.37 Å². The molecule has 0 saturated carbocycles. The molecule has 4 nitrogen and oxygen atoms in total. The third kappa shape index (κ3) is 8.63. The molecule has 0 aliphatic heterocycles. The Morgan fingerprint density at radius 3 is 1.57 bits per heavy atom. The molecule has 21 heavy (non-hydrogen) atoms. The number of hydrogen-bond acceptors (Lipinski definition) is 4. The lowest BCUT2D eigenvalue weighted by atomic mass is 10.1. The van der Waals surface area contributed by atoms with Gasteiger partial charge in [-0.1, -0.05) is 51.4 Å². The van der Waals surface area contributed by atoms with Crippen LogP contribution in [0.2, 0.25) is 0 Å². The van der Waals surface area contributed by atoms with Crippen LogP contribution in [0.15, 0.2) is 0 Å². The third-order valence-electron chi connectivity index (χ3n) is 3.41. The molecule has 0 amide bonds. The van der Waals surface area contributed by atoms with Crippen LogP contribution in [0.3, 0.4) is 0 Å². The van der Waals surface area contributed by atoms with E-state index < -0.39 is 20.7 Å². The Balaban J connectivity index is 3.60. The second-order valence-electron chi connectivity index (χ2n) is 5.29. The molecule has 0 heterocycles. The van der Waals surface area contributed by atoms with Crippen molar-refractivity contribution >= 4 is 9.84 Å². The maximum atomic E-state index is 12.2. The fourth-order valence-electron chi connectivity index (χ4n) is 2.05. The van der Waals surface area contributed by atoms with Crippen molar-refractivity contribution < 1.29 is 21.6 Å². The number of sulfone groups is 1. The predicted octanol–water partition coefficient (Wildman–Crippen LogP) is 3.07. The molecule has 0 aliphatic rings. The second-order valence-corrected chi connectivity index (χ2v) is 7.45. The monoisotopic (exact) mass is 332 g/mol. The van der Waals surface area contributed by atoms with Crippen LogP contribution in [-0.2, 0) is 9.84 Å². The molecule has 0 fully saturated rings. The van der Waals surface area contributed by atoms with Gasteiger partial charge in [-0.25, -0.2) is 8.42 Å². The largest absolute Gasteiger partial charge is 0.498 e. The van der Waals surface area contributed by atoms with Gasteiger partial charge >= 0.3 is 5.51 Å². The smallest absolute Gasteiger partial charge is 0.330 e. The van der Waals surface area contributed by atoms with Crippen LogP contribution in [0, 0.1) is 0 Å². The van der Waals surface area contributed by atoms with Crippen LogP contribution >= 0.6 is 0 Å². The lowest BCUT2D eigenvalue weighted by Gasteiger charge is -2.14. The summed E-state index contributed by atoms with van der Waals surface area (Å²) in [7, 11) is -5.22. The van der Waals surface area contributed by atoms with Gasteiger partial charge in [0.2, 0.25) is 0 Å². The van der Waals surface area contributed by atoms with E-state index in [1.165, 1.54) is 0 Å². The van der Waals surface area contributed by atoms with Gasteiger partial charge in [0.25, 0.3) is 9.84 Å². The summed E-state index contributed by atoms with van der Waals surface area (Å²) in [5.74, 6) is 0. The van der Waals surface area contributed by atoms with Gasteiger partial charge in [0.15, 0.2) is 0 Å². The SMILES string of the molecule is NCCCCCCCCCCCC(N)S(=O)(=O)C(F)(F)F. The first-order valence-corrected chi connectivity index (χ1v) is 9.04. The highest BCUT2D eigenvalue weighted by Crippen LogP contribution is 2.27. The van der Waals surface area contributed by atoms with Crippen molar-refractivity contribution in [1.82, 2.24) is 0 Å². The lowest BCUT2D eigenvalue weighted by Crippen LogP contribution is -2.40. The molecule has 0 aromatic carbocycles. The summed E-state index contributed by atoms with van der Waals surface area (Å²) < 4.78 is 58.6. The van der Waals surface area contributed by atoms with E-state index in [4.69, 9.17) is 11.5 Å². The van der Waals surface area contributed by atoms with E-state index in [1.54, 1.807) is 0 Å². The zero-order chi connectivity index (χ0) is 16.4. The van der Waals surface area contributed by atoms with Gasteiger partial charge in [0, 0.05) is 0 Å². The summed E-state index contributed by atoms with van der Waals surface area (Å²) in [6.07, 6.45) is 8.48. The number of halogens is 3. The van der Waals surface area contributed by atoms with Crippen molar-refractivity contribution in [3.63, 3.8) is 0 Å². The molecular formula is C13H27F3N2O2S. The summed E-state index contributed by atoms with van der Waals surface area (Å²) in [6, 6.07) is 0. The molecule has 0 rings (SSSR count). The molecule has 0 bridgehead atoms. The van der Waals surface area contributed by atoms with Crippen molar-refractivity contribution in [1.29, 1.82) is 0 Å². The fourth-order valence-corrected chi connectivity index (χ4v) is 2.87. The van der Waals surface area contributed by atoms with Gasteiger partial charge in [0.05, 0.1) is 0 Å². The van der Waals surface area contributed by atoms with E-state index in [0.717, 1.165) is 51.5 Å². The normalized spacial score (nSPS) is 14.3. The molecule has 0 aromatic rings. The fraction of sp³-hybridized carbons (Fsp3) is 1.00. The van der Waals surface area contributed by atoms with E-state index >= 15 is 0 Å². The van der Waals surface area contributed by atoms with Crippen LogP contribution in [0.1, 0.15) is 64.2 Å². The third-order valence-corrected chi connectivity index (χ3v) is 5.09. The van der Waals surface area contributed by atoms with Crippen molar-refractivity contribution in [2.24, 2.45) is 11.5 Å². The lowest BCUT2D eigenvalue weighted by molar-refractivity contribution is -0.0445. The van der Waals surface area contributed by atoms with Crippen molar-refractivity contribution in [3.05, 3.63) is 0 Å². The Morgan fingerprint density at radius 1 is 0.810 bits per heavy atom. The Hall–Kier alpha value is -0.340. The molecular weight excluding hydrogens is 305 g/mol. The second kappa shape index (κ2) is 10.4. The van der Waals surface area contributed by atoms with E-state index in [9.17, 15) is 21.6 Å². The average molecular weight is 332 g/mol. The standard InChI is InChI=1S/C13H27F3N2O2S/c14-13(15,16)21(19,20)12(18)10-8-6-4-2-1-3-5-7-9-11-17/h12H,1-11,17-18H2. The molecule has 0 radical (unpaired) electrons. The summed E-state index contributed by atoms with van der Waals surface area (Å²) >= 11 is 0. The molecule has 0 spiro atoms. The maximum absolute atomic E-state index is 12.2. The number of rotatable bonds is 12. The minimum atomic E-state index is -5.25. The van der Waals surface area contributed by atoms with Crippen molar-refractivity contribution in [2.45, 2.75) is 75.1 Å². The molecule has 0 aliphatic carbocycles. The minimum absolute atomic E-state index is 0.141. The number of nitrogens with two attached hydrogens (primary N) is 2. The van der Waals surface area contributed by atoms with Gasteiger partial charge in [-0.15, -0.1) is 0 Å². The maximum Gasteiger partial charge on any atom is 0.498 e. The summed E-state index contributed by atoms with van der Waals surface area (Å²) in [4.78, 5) is 0. The van der Waals surface area contributed by atoms with Gasteiger partial charge < -0.3 is 11.5 Å². The Morgan fingerprint density at radius 2 is 1.19 bits per heavy atom. The highest BCUT2D eigenvalue weighted by Gasteiger charge is 2.49. The highest BCUT2D eigenvalue weighted by molar-refractivity contribution is 7.92. The Bertz CT molecular complexity index is 359. The molecule has 4 N–H and O–H groups in total. The van der Waals surface area contributed by atoms with Crippen LogP contribution in [0.5, 0.6) is 0 Å². The van der Waals surface area contributed by atoms with Crippen molar-refractivity contribution in [2.75, 3.05) is 6.54 Å². The molecule has 1 unspecified atom stereocenters. The Labute approximate surface area is 125 Å². The molecule has 0 aromatic heterocycles. The quantitative estimate of drug-likeness (QED) is 0.538. The van der Waals surface area contributed by atoms with Crippen LogP contribution in [0.25, 0.3) is 0 Å². The summed E-state index contributed by atoms with van der Waals surface area (Å²) in [5, 5.41) is -1.84. The van der Waals surface area contributed by atoms with E-state index in [0.29, 0.717) is 12.8 Å². The van der Waals surface area contributed by atoms with E-state index in [1.807, 2.05) is 0 Å². The topological polar surface area (TPSA) is 86.2 Å².